The molecule has 2 nitrogen and oxygen atoms in total. The number of halogens is 8. The molecule has 0 bridgehead atoms. The summed E-state index contributed by atoms with van der Waals surface area (Å²) in [7, 11) is 0. The minimum atomic E-state index is -6.34. The Morgan fingerprint density at radius 1 is 0.938 bits per heavy atom. The van der Waals surface area contributed by atoms with Crippen LogP contribution in [0.2, 0.25) is 0 Å². The minimum Gasteiger partial charge on any atom is -0.330 e. The van der Waals surface area contributed by atoms with Gasteiger partial charge in [0.1, 0.15) is 0 Å². The van der Waals surface area contributed by atoms with Crippen LogP contribution in [0.5, 0.6) is 0 Å². The van der Waals surface area contributed by atoms with Crippen molar-refractivity contribution in [1.29, 1.82) is 0 Å². The van der Waals surface area contributed by atoms with Gasteiger partial charge < -0.3 is 11.5 Å². The zero-order valence-corrected chi connectivity index (χ0v) is 8.52. The highest BCUT2D eigenvalue weighted by Gasteiger charge is 2.74. The first kappa shape index (κ1) is 18.1. The van der Waals surface area contributed by atoms with Crippen molar-refractivity contribution in [3.8, 4) is 0 Å². The Bertz CT molecular complexity index is 217. The molecule has 0 saturated carbocycles. The van der Waals surface area contributed by atoms with Gasteiger partial charge in [0.2, 0.25) is 0 Å². The van der Waals surface area contributed by atoms with E-state index in [4.69, 9.17) is 5.73 Å². The summed E-state index contributed by atoms with van der Waals surface area (Å²) >= 11 is 0. The molecule has 0 saturated heterocycles. The monoisotopic (exact) mass is 278 g/mol. The molecule has 100 valence electrons. The smallest absolute Gasteiger partial charge is 0.330 e. The van der Waals surface area contributed by atoms with Crippen molar-refractivity contribution in [3.05, 3.63) is 0 Å². The van der Waals surface area contributed by atoms with Gasteiger partial charge >= 0.3 is 18.0 Å². The first-order valence-corrected chi connectivity index (χ1v) is 3.76. The molecule has 0 radical (unpaired) electrons. The van der Waals surface area contributed by atoms with Crippen molar-refractivity contribution in [1.82, 2.24) is 0 Å². The Morgan fingerprint density at radius 2 is 1.31 bits per heavy atom. The molecule has 0 heterocycles. The van der Waals surface area contributed by atoms with E-state index in [0.29, 0.717) is 0 Å². The fraction of sp³-hybridized carbons (Fsp3) is 1.00. The molecule has 0 aromatic carbocycles. The molecule has 0 rings (SSSR count). The lowest BCUT2D eigenvalue weighted by atomic mass is 10.0. The first-order chi connectivity index (χ1) is 6.48. The van der Waals surface area contributed by atoms with E-state index in [2.05, 4.69) is 5.73 Å². The highest BCUT2D eigenvalue weighted by atomic mass is 35.5. The molecule has 0 aromatic rings. The van der Waals surface area contributed by atoms with Crippen LogP contribution in [-0.2, 0) is 0 Å². The molecule has 0 unspecified atom stereocenters. The second-order valence-electron chi connectivity index (χ2n) is 2.88. The molecule has 0 aliphatic carbocycles. The standard InChI is InChI=1S/C6H9F7N2.ClH/c7-4(8,3(15)1-2-14)5(9,10)6(11,12)13;/h3H,1-2,14-15H2;1H/t3-;/m0./s1. The van der Waals surface area contributed by atoms with E-state index in [0.717, 1.165) is 0 Å². The van der Waals surface area contributed by atoms with Crippen molar-refractivity contribution in [2.24, 2.45) is 11.5 Å². The molecule has 0 fully saturated rings. The SMILES string of the molecule is Cl.NCC[C@H](N)C(F)(F)C(F)(F)C(F)(F)F. The predicted octanol–water partition coefficient (Wildman–Crippen LogP) is 1.92. The van der Waals surface area contributed by atoms with Crippen molar-refractivity contribution in [2.45, 2.75) is 30.5 Å². The molecule has 0 spiro atoms. The van der Waals surface area contributed by atoms with Crippen LogP contribution in [0, 0.1) is 0 Å². The average molecular weight is 279 g/mol. The second kappa shape index (κ2) is 5.37. The van der Waals surface area contributed by atoms with Crippen LogP contribution >= 0.6 is 12.4 Å². The van der Waals surface area contributed by atoms with Gasteiger partial charge in [-0.3, -0.25) is 0 Å². The highest BCUT2D eigenvalue weighted by molar-refractivity contribution is 5.85. The third-order valence-corrected chi connectivity index (χ3v) is 1.72. The van der Waals surface area contributed by atoms with Crippen LogP contribution < -0.4 is 11.5 Å². The van der Waals surface area contributed by atoms with E-state index >= 15 is 0 Å². The number of alkyl halides is 7. The van der Waals surface area contributed by atoms with Crippen LogP contribution in [0.4, 0.5) is 30.7 Å². The van der Waals surface area contributed by atoms with Gasteiger partial charge in [0.25, 0.3) is 0 Å². The minimum absolute atomic E-state index is 0. The number of hydrogen-bond acceptors (Lipinski definition) is 2. The van der Waals surface area contributed by atoms with Crippen LogP contribution in [0.25, 0.3) is 0 Å². The maximum atomic E-state index is 12.6. The average Bonchev–Trinajstić information content (AvgIpc) is 2.02. The molecular weight excluding hydrogens is 269 g/mol. The summed E-state index contributed by atoms with van der Waals surface area (Å²) < 4.78 is 84.7. The summed E-state index contributed by atoms with van der Waals surface area (Å²) in [5.41, 5.74) is 9.27. The third-order valence-electron chi connectivity index (χ3n) is 1.72. The lowest BCUT2D eigenvalue weighted by molar-refractivity contribution is -0.358. The van der Waals surface area contributed by atoms with Crippen LogP contribution in [-0.4, -0.2) is 30.6 Å². The first-order valence-electron chi connectivity index (χ1n) is 3.76. The van der Waals surface area contributed by atoms with Crippen LogP contribution in [0.3, 0.4) is 0 Å². The fourth-order valence-corrected chi connectivity index (χ4v) is 0.783. The number of hydrogen-bond donors (Lipinski definition) is 2. The van der Waals surface area contributed by atoms with E-state index in [1.165, 1.54) is 0 Å². The largest absolute Gasteiger partial charge is 0.459 e. The Labute approximate surface area is 92.6 Å². The Balaban J connectivity index is 0. The van der Waals surface area contributed by atoms with Crippen molar-refractivity contribution >= 4 is 12.4 Å². The predicted molar refractivity (Wildman–Crippen MR) is 44.8 cm³/mol. The summed E-state index contributed by atoms with van der Waals surface area (Å²) in [4.78, 5) is 0. The van der Waals surface area contributed by atoms with E-state index < -0.39 is 37.0 Å². The molecule has 4 N–H and O–H groups in total. The highest BCUT2D eigenvalue weighted by Crippen LogP contribution is 2.47. The van der Waals surface area contributed by atoms with E-state index in [9.17, 15) is 30.7 Å². The van der Waals surface area contributed by atoms with Gasteiger partial charge in [0.05, 0.1) is 6.04 Å². The van der Waals surface area contributed by atoms with Gasteiger partial charge in [-0.25, -0.2) is 0 Å². The quantitative estimate of drug-likeness (QED) is 0.772. The maximum Gasteiger partial charge on any atom is 0.459 e. The normalized spacial score (nSPS) is 15.6. The van der Waals surface area contributed by atoms with Crippen LogP contribution in [0.15, 0.2) is 0 Å². The second-order valence-corrected chi connectivity index (χ2v) is 2.88. The molecule has 16 heavy (non-hydrogen) atoms. The third kappa shape index (κ3) is 3.11. The fourth-order valence-electron chi connectivity index (χ4n) is 0.783. The van der Waals surface area contributed by atoms with Crippen LogP contribution in [0.1, 0.15) is 6.42 Å². The number of nitrogens with two attached hydrogens (primary N) is 2. The summed E-state index contributed by atoms with van der Waals surface area (Å²) in [6.07, 6.45) is -7.18. The molecule has 1 atom stereocenters. The molecule has 0 amide bonds. The van der Waals surface area contributed by atoms with Crippen molar-refractivity contribution in [3.63, 3.8) is 0 Å². The lowest BCUT2D eigenvalue weighted by Crippen LogP contribution is -2.60. The van der Waals surface area contributed by atoms with Crippen molar-refractivity contribution in [2.75, 3.05) is 6.54 Å². The summed E-state index contributed by atoms with van der Waals surface area (Å²) in [6, 6.07) is -2.64. The van der Waals surface area contributed by atoms with Gasteiger partial charge in [0.15, 0.2) is 0 Å². The Kier molecular flexibility index (Phi) is 6.07. The van der Waals surface area contributed by atoms with Crippen molar-refractivity contribution < 1.29 is 30.7 Å². The summed E-state index contributed by atoms with van der Waals surface area (Å²) in [5.74, 6) is -11.5. The topological polar surface area (TPSA) is 52.0 Å². The van der Waals surface area contributed by atoms with Gasteiger partial charge in [-0.2, -0.15) is 30.7 Å². The van der Waals surface area contributed by atoms with E-state index in [1.54, 1.807) is 0 Å². The van der Waals surface area contributed by atoms with E-state index in [1.807, 2.05) is 0 Å². The maximum absolute atomic E-state index is 12.6. The summed E-state index contributed by atoms with van der Waals surface area (Å²) in [6.45, 7) is -0.509. The Morgan fingerprint density at radius 3 is 1.56 bits per heavy atom. The lowest BCUT2D eigenvalue weighted by Gasteiger charge is -2.31. The Hall–Kier alpha value is -0.280. The molecule has 0 aromatic heterocycles. The van der Waals surface area contributed by atoms with Gasteiger partial charge in [-0.15, -0.1) is 12.4 Å². The van der Waals surface area contributed by atoms with Gasteiger partial charge in [0, 0.05) is 0 Å². The molecular formula is C6H10ClF7N2. The van der Waals surface area contributed by atoms with Gasteiger partial charge in [-0.05, 0) is 13.0 Å². The van der Waals surface area contributed by atoms with Gasteiger partial charge in [-0.1, -0.05) is 0 Å². The molecule has 10 heteroatoms. The molecule has 0 aliphatic rings. The zero-order valence-electron chi connectivity index (χ0n) is 7.70. The van der Waals surface area contributed by atoms with E-state index in [-0.39, 0.29) is 12.4 Å². The number of rotatable bonds is 4. The zero-order chi connectivity index (χ0) is 12.5. The molecule has 0 aliphatic heterocycles. The summed E-state index contributed by atoms with van der Waals surface area (Å²) in [5, 5.41) is 0.